The Hall–Kier alpha value is -2.49. The Kier molecular flexibility index (Phi) is 4.85. The van der Waals surface area contributed by atoms with Gasteiger partial charge < -0.3 is 10.4 Å². The van der Waals surface area contributed by atoms with Gasteiger partial charge in [-0.1, -0.05) is 11.6 Å². The highest BCUT2D eigenvalue weighted by Gasteiger charge is 2.37. The number of hydrogen-bond acceptors (Lipinski definition) is 3. The van der Waals surface area contributed by atoms with Gasteiger partial charge in [0.25, 0.3) is 5.91 Å². The average Bonchev–Trinajstić information content (AvgIpc) is 2.47. The first kappa shape index (κ1) is 18.8. The minimum Gasteiger partial charge on any atom is -0.493 e. The van der Waals surface area contributed by atoms with Crippen LogP contribution in [0.25, 0.3) is 0 Å². The number of carbonyl (C=O) groups is 1. The van der Waals surface area contributed by atoms with E-state index in [1.807, 2.05) is 5.32 Å². The smallest absolute Gasteiger partial charge is 0.416 e. The summed E-state index contributed by atoms with van der Waals surface area (Å²) in [6.45, 7) is 0. The molecule has 11 heteroatoms. The number of halogens is 7. The van der Waals surface area contributed by atoms with Gasteiger partial charge in [0.15, 0.2) is 0 Å². The number of hydrogen-bond donors (Lipinski definition) is 2. The first-order valence-corrected chi connectivity index (χ1v) is 6.71. The van der Waals surface area contributed by atoms with Gasteiger partial charge >= 0.3 is 12.4 Å². The van der Waals surface area contributed by atoms with Crippen LogP contribution in [0.4, 0.5) is 32.0 Å². The Morgan fingerprint density at radius 2 is 1.52 bits per heavy atom. The second-order valence-corrected chi connectivity index (χ2v) is 5.21. The zero-order valence-corrected chi connectivity index (χ0v) is 12.6. The lowest BCUT2D eigenvalue weighted by Crippen LogP contribution is -2.16. The predicted octanol–water partition coefficient (Wildman–Crippen LogP) is 4.73. The van der Waals surface area contributed by atoms with Gasteiger partial charge in [-0.3, -0.25) is 4.79 Å². The Balaban J connectivity index is 2.45. The molecule has 1 aromatic heterocycles. The minimum absolute atomic E-state index is 0.0667. The number of aromatic nitrogens is 1. The van der Waals surface area contributed by atoms with E-state index in [1.54, 1.807) is 0 Å². The van der Waals surface area contributed by atoms with Gasteiger partial charge in [-0.15, -0.1) is 0 Å². The lowest BCUT2D eigenvalue weighted by atomic mass is 10.1. The number of nitrogens with one attached hydrogen (secondary N) is 1. The van der Waals surface area contributed by atoms with Crippen molar-refractivity contribution in [2.75, 3.05) is 5.32 Å². The Labute approximate surface area is 141 Å². The monoisotopic (exact) mass is 384 g/mol. The zero-order chi connectivity index (χ0) is 19.0. The molecule has 0 unspecified atom stereocenters. The molecule has 0 aliphatic rings. The van der Waals surface area contributed by atoms with E-state index in [1.165, 1.54) is 0 Å². The molecule has 25 heavy (non-hydrogen) atoms. The van der Waals surface area contributed by atoms with E-state index in [9.17, 15) is 36.2 Å². The molecule has 1 heterocycles. The maximum absolute atomic E-state index is 12.8. The topological polar surface area (TPSA) is 62.2 Å². The molecule has 4 nitrogen and oxygen atoms in total. The number of rotatable bonds is 2. The summed E-state index contributed by atoms with van der Waals surface area (Å²) in [6.07, 6.45) is -9.11. The fourth-order valence-corrected chi connectivity index (χ4v) is 1.98. The van der Waals surface area contributed by atoms with E-state index < -0.39 is 46.5 Å². The molecule has 1 aromatic carbocycles. The van der Waals surface area contributed by atoms with Crippen LogP contribution in [0, 0.1) is 0 Å². The lowest BCUT2D eigenvalue weighted by Gasteiger charge is -2.15. The predicted molar refractivity (Wildman–Crippen MR) is 75.3 cm³/mol. The molecule has 0 saturated heterocycles. The van der Waals surface area contributed by atoms with Crippen molar-refractivity contribution in [3.8, 4) is 5.88 Å². The van der Waals surface area contributed by atoms with Gasteiger partial charge in [-0.05, 0) is 24.3 Å². The summed E-state index contributed by atoms with van der Waals surface area (Å²) < 4.78 is 76.6. The Morgan fingerprint density at radius 1 is 1.00 bits per heavy atom. The van der Waals surface area contributed by atoms with Crippen LogP contribution in [0.5, 0.6) is 5.88 Å². The van der Waals surface area contributed by atoms with E-state index in [4.69, 9.17) is 11.6 Å². The second kappa shape index (κ2) is 6.43. The third-order valence-corrected chi connectivity index (χ3v) is 3.13. The highest BCUT2D eigenvalue weighted by molar-refractivity contribution is 6.31. The molecule has 0 fully saturated rings. The minimum atomic E-state index is -5.06. The molecule has 0 aliphatic heterocycles. The summed E-state index contributed by atoms with van der Waals surface area (Å²) in [6, 6.07) is 1.55. The highest BCUT2D eigenvalue weighted by Crippen LogP contribution is 2.37. The van der Waals surface area contributed by atoms with Crippen LogP contribution in [-0.4, -0.2) is 16.0 Å². The van der Waals surface area contributed by atoms with Crippen LogP contribution in [0.2, 0.25) is 5.02 Å². The van der Waals surface area contributed by atoms with Crippen molar-refractivity contribution in [3.63, 3.8) is 0 Å². The number of anilines is 1. The van der Waals surface area contributed by atoms with Crippen molar-refractivity contribution in [1.82, 2.24) is 4.98 Å². The number of pyridine rings is 1. The summed E-state index contributed by atoms with van der Waals surface area (Å²) >= 11 is 5.58. The van der Waals surface area contributed by atoms with E-state index >= 15 is 0 Å². The molecule has 0 saturated carbocycles. The molecule has 2 rings (SSSR count). The Morgan fingerprint density at radius 3 is 2.00 bits per heavy atom. The van der Waals surface area contributed by atoms with Gasteiger partial charge in [0.2, 0.25) is 5.88 Å². The first-order chi connectivity index (χ1) is 11.4. The molecular weight excluding hydrogens is 378 g/mol. The van der Waals surface area contributed by atoms with Gasteiger partial charge in [0.1, 0.15) is 5.56 Å². The third-order valence-electron chi connectivity index (χ3n) is 2.92. The zero-order valence-electron chi connectivity index (χ0n) is 11.8. The molecule has 0 radical (unpaired) electrons. The van der Waals surface area contributed by atoms with Crippen molar-refractivity contribution in [1.29, 1.82) is 0 Å². The summed E-state index contributed by atoms with van der Waals surface area (Å²) in [5, 5.41) is 11.2. The number of benzene rings is 1. The summed E-state index contributed by atoms with van der Waals surface area (Å²) in [5.74, 6) is -1.97. The molecule has 2 aromatic rings. The fourth-order valence-electron chi connectivity index (χ4n) is 1.82. The highest BCUT2D eigenvalue weighted by atomic mass is 35.5. The molecule has 2 N–H and O–H groups in total. The lowest BCUT2D eigenvalue weighted by molar-refractivity contribution is -0.143. The molecule has 1 amide bonds. The molecule has 0 aliphatic carbocycles. The summed E-state index contributed by atoms with van der Waals surface area (Å²) in [5.41, 5.74) is -4.46. The van der Waals surface area contributed by atoms with Crippen molar-refractivity contribution >= 4 is 23.2 Å². The van der Waals surface area contributed by atoms with Crippen LogP contribution in [0.1, 0.15) is 21.5 Å². The van der Waals surface area contributed by atoms with Crippen LogP contribution in [-0.2, 0) is 12.4 Å². The van der Waals surface area contributed by atoms with Crippen molar-refractivity contribution in [2.24, 2.45) is 0 Å². The van der Waals surface area contributed by atoms with E-state index in [2.05, 4.69) is 4.98 Å². The van der Waals surface area contributed by atoms with Gasteiger partial charge in [0.05, 0.1) is 16.1 Å². The second-order valence-electron chi connectivity index (χ2n) is 4.77. The standard InChI is InChI=1S/C14H7ClF6N2O2/c15-8-4-10(11(24)22-5-8)12(25)23-9-2-6(13(16,17)18)1-7(3-9)14(19,20)21/h1-5H,(H,22,24)(H,23,25). The van der Waals surface area contributed by atoms with Crippen molar-refractivity contribution < 1.29 is 36.2 Å². The van der Waals surface area contributed by atoms with Crippen LogP contribution in [0.3, 0.4) is 0 Å². The fraction of sp³-hybridized carbons (Fsp3) is 0.143. The maximum atomic E-state index is 12.8. The number of aromatic hydroxyl groups is 1. The van der Waals surface area contributed by atoms with E-state index in [0.717, 1.165) is 12.3 Å². The van der Waals surface area contributed by atoms with Crippen molar-refractivity contribution in [3.05, 3.63) is 52.2 Å². The molecule has 0 atom stereocenters. The number of alkyl halides is 6. The maximum Gasteiger partial charge on any atom is 0.416 e. The molecular formula is C14H7ClF6N2O2. The quantitative estimate of drug-likeness (QED) is 0.736. The number of nitrogens with zero attached hydrogens (tertiary/aromatic N) is 1. The molecule has 0 spiro atoms. The normalized spacial score (nSPS) is 12.1. The Bertz CT molecular complexity index is 788. The van der Waals surface area contributed by atoms with Crippen LogP contribution >= 0.6 is 11.6 Å². The van der Waals surface area contributed by atoms with Gasteiger partial charge in [-0.2, -0.15) is 26.3 Å². The number of amides is 1. The molecule has 0 bridgehead atoms. The first-order valence-electron chi connectivity index (χ1n) is 6.33. The SMILES string of the molecule is O=C(Nc1cc(C(F)(F)F)cc(C(F)(F)F)c1)c1cc(Cl)cnc1O. The van der Waals surface area contributed by atoms with Gasteiger partial charge in [0, 0.05) is 11.9 Å². The largest absolute Gasteiger partial charge is 0.493 e. The third kappa shape index (κ3) is 4.53. The van der Waals surface area contributed by atoms with Crippen LogP contribution < -0.4 is 5.32 Å². The van der Waals surface area contributed by atoms with Gasteiger partial charge in [-0.25, -0.2) is 4.98 Å². The van der Waals surface area contributed by atoms with Crippen molar-refractivity contribution in [2.45, 2.75) is 12.4 Å². The average molecular weight is 385 g/mol. The molecule has 134 valence electrons. The van der Waals surface area contributed by atoms with Crippen LogP contribution in [0.15, 0.2) is 30.5 Å². The van der Waals surface area contributed by atoms with E-state index in [-0.39, 0.29) is 11.1 Å². The number of carbonyl (C=O) groups excluding carboxylic acids is 1. The summed E-state index contributed by atoms with van der Waals surface area (Å²) in [7, 11) is 0. The summed E-state index contributed by atoms with van der Waals surface area (Å²) in [4.78, 5) is 15.3. The van der Waals surface area contributed by atoms with E-state index in [0.29, 0.717) is 12.1 Å².